The molecule has 0 amide bonds. The van der Waals surface area contributed by atoms with E-state index in [0.717, 1.165) is 42.4 Å². The number of hydrogen-bond acceptors (Lipinski definition) is 6. The molecule has 1 aromatic heterocycles. The number of anilines is 2. The second-order valence-corrected chi connectivity index (χ2v) is 6.45. The minimum atomic E-state index is 0.623. The first-order chi connectivity index (χ1) is 13.7. The van der Waals surface area contributed by atoms with Crippen LogP contribution in [0.3, 0.4) is 0 Å². The lowest BCUT2D eigenvalue weighted by atomic mass is 10.1. The van der Waals surface area contributed by atoms with Gasteiger partial charge in [-0.05, 0) is 35.7 Å². The van der Waals surface area contributed by atoms with Crippen molar-refractivity contribution in [2.75, 3.05) is 38.0 Å². The summed E-state index contributed by atoms with van der Waals surface area (Å²) in [5, 5.41) is 3.30. The number of aromatic nitrogens is 2. The minimum absolute atomic E-state index is 0.623. The van der Waals surface area contributed by atoms with Crippen molar-refractivity contribution >= 4 is 11.8 Å². The highest BCUT2D eigenvalue weighted by molar-refractivity contribution is 5.44. The van der Waals surface area contributed by atoms with Gasteiger partial charge in [0, 0.05) is 26.3 Å². The average Bonchev–Trinajstić information content (AvgIpc) is 2.74. The minimum Gasteiger partial charge on any atom is -0.493 e. The Morgan fingerprint density at radius 1 is 0.929 bits per heavy atom. The van der Waals surface area contributed by atoms with Gasteiger partial charge in [0.1, 0.15) is 5.82 Å². The van der Waals surface area contributed by atoms with Gasteiger partial charge in [-0.3, -0.25) is 0 Å². The maximum absolute atomic E-state index is 5.36. The Bertz CT molecular complexity index is 887. The van der Waals surface area contributed by atoms with E-state index in [1.807, 2.05) is 49.5 Å². The van der Waals surface area contributed by atoms with Gasteiger partial charge in [-0.25, -0.2) is 4.98 Å². The quantitative estimate of drug-likeness (QED) is 0.611. The molecule has 6 heteroatoms. The van der Waals surface area contributed by atoms with E-state index < -0.39 is 0 Å². The Labute approximate surface area is 166 Å². The first-order valence-electron chi connectivity index (χ1n) is 9.22. The highest BCUT2D eigenvalue weighted by atomic mass is 16.5. The van der Waals surface area contributed by atoms with E-state index in [0.29, 0.717) is 5.95 Å². The summed E-state index contributed by atoms with van der Waals surface area (Å²) in [4.78, 5) is 11.1. The molecule has 0 bridgehead atoms. The Morgan fingerprint density at radius 2 is 1.71 bits per heavy atom. The van der Waals surface area contributed by atoms with Crippen LogP contribution in [0.1, 0.15) is 11.1 Å². The molecule has 0 radical (unpaired) electrons. The first kappa shape index (κ1) is 19.5. The number of methoxy groups -OCH3 is 2. The van der Waals surface area contributed by atoms with Gasteiger partial charge in [0.05, 0.1) is 14.2 Å². The van der Waals surface area contributed by atoms with Gasteiger partial charge in [-0.15, -0.1) is 0 Å². The molecule has 3 rings (SSSR count). The highest BCUT2D eigenvalue weighted by Crippen LogP contribution is 2.27. The van der Waals surface area contributed by atoms with E-state index >= 15 is 0 Å². The second kappa shape index (κ2) is 9.60. The van der Waals surface area contributed by atoms with Crippen LogP contribution in [-0.4, -0.2) is 37.8 Å². The molecule has 0 saturated carbocycles. The van der Waals surface area contributed by atoms with E-state index in [1.54, 1.807) is 20.4 Å². The van der Waals surface area contributed by atoms with Gasteiger partial charge in [-0.1, -0.05) is 36.4 Å². The van der Waals surface area contributed by atoms with Crippen molar-refractivity contribution in [1.82, 2.24) is 9.97 Å². The summed E-state index contributed by atoms with van der Waals surface area (Å²) in [5.41, 5.74) is 2.40. The summed E-state index contributed by atoms with van der Waals surface area (Å²) in [7, 11) is 5.31. The number of nitrogens with zero attached hydrogens (tertiary/aromatic N) is 3. The second-order valence-electron chi connectivity index (χ2n) is 6.45. The normalized spacial score (nSPS) is 10.4. The molecule has 6 nitrogen and oxygen atoms in total. The highest BCUT2D eigenvalue weighted by Gasteiger charge is 2.07. The molecule has 28 heavy (non-hydrogen) atoms. The summed E-state index contributed by atoms with van der Waals surface area (Å²) in [5.74, 6) is 2.97. The number of hydrogen-bond donors (Lipinski definition) is 1. The summed E-state index contributed by atoms with van der Waals surface area (Å²) in [6.07, 6.45) is 2.61. The maximum Gasteiger partial charge on any atom is 0.224 e. The van der Waals surface area contributed by atoms with Crippen LogP contribution in [0.2, 0.25) is 0 Å². The van der Waals surface area contributed by atoms with Crippen molar-refractivity contribution in [1.29, 1.82) is 0 Å². The van der Waals surface area contributed by atoms with E-state index in [-0.39, 0.29) is 0 Å². The maximum atomic E-state index is 5.36. The number of rotatable bonds is 9. The number of nitrogens with one attached hydrogen (secondary N) is 1. The molecule has 0 spiro atoms. The molecule has 1 N–H and O–H groups in total. The zero-order valence-electron chi connectivity index (χ0n) is 16.6. The topological polar surface area (TPSA) is 59.5 Å². The van der Waals surface area contributed by atoms with Crippen LogP contribution in [0.4, 0.5) is 11.8 Å². The molecule has 3 aromatic rings. The van der Waals surface area contributed by atoms with Gasteiger partial charge < -0.3 is 19.7 Å². The predicted octanol–water partition coefficient (Wildman–Crippen LogP) is 3.78. The summed E-state index contributed by atoms with van der Waals surface area (Å²) >= 11 is 0. The van der Waals surface area contributed by atoms with Crippen molar-refractivity contribution in [3.05, 3.63) is 71.9 Å². The van der Waals surface area contributed by atoms with Crippen LogP contribution in [0, 0.1) is 0 Å². The van der Waals surface area contributed by atoms with Crippen molar-refractivity contribution < 1.29 is 9.47 Å². The standard InChI is InChI=1S/C22H26N4O2/c1-26(16-18-7-5-4-6-8-18)21-12-14-24-22(25-21)23-13-11-17-9-10-19(27-2)20(15-17)28-3/h4-10,12,14-15H,11,13,16H2,1-3H3,(H,23,24,25). The third-order valence-corrected chi connectivity index (χ3v) is 4.44. The van der Waals surface area contributed by atoms with E-state index in [2.05, 4.69) is 32.3 Å². The monoisotopic (exact) mass is 378 g/mol. The molecule has 0 fully saturated rings. The largest absolute Gasteiger partial charge is 0.493 e. The molecule has 0 saturated heterocycles. The molecule has 1 heterocycles. The van der Waals surface area contributed by atoms with Gasteiger partial charge in [-0.2, -0.15) is 4.98 Å². The van der Waals surface area contributed by atoms with E-state index in [1.165, 1.54) is 5.56 Å². The molecule has 0 unspecified atom stereocenters. The Balaban J connectivity index is 1.57. The molecule has 0 atom stereocenters. The fraction of sp³-hybridized carbons (Fsp3) is 0.273. The molecular formula is C22H26N4O2. The average molecular weight is 378 g/mol. The van der Waals surface area contributed by atoms with E-state index in [9.17, 15) is 0 Å². The fourth-order valence-corrected chi connectivity index (χ4v) is 2.94. The van der Waals surface area contributed by atoms with Crippen LogP contribution in [-0.2, 0) is 13.0 Å². The Kier molecular flexibility index (Phi) is 6.68. The summed E-state index contributed by atoms with van der Waals surface area (Å²) < 4.78 is 10.6. The summed E-state index contributed by atoms with van der Waals surface area (Å²) in [6, 6.07) is 18.2. The SMILES string of the molecule is COc1ccc(CCNc2nccc(N(C)Cc3ccccc3)n2)cc1OC. The smallest absolute Gasteiger partial charge is 0.224 e. The third-order valence-electron chi connectivity index (χ3n) is 4.44. The molecule has 2 aromatic carbocycles. The summed E-state index contributed by atoms with van der Waals surface area (Å²) in [6.45, 7) is 1.52. The lowest BCUT2D eigenvalue weighted by molar-refractivity contribution is 0.354. The van der Waals surface area contributed by atoms with Crippen molar-refractivity contribution in [3.63, 3.8) is 0 Å². The molecule has 0 aliphatic carbocycles. The lowest BCUT2D eigenvalue weighted by Crippen LogP contribution is -2.18. The van der Waals surface area contributed by atoms with Crippen LogP contribution in [0.25, 0.3) is 0 Å². The van der Waals surface area contributed by atoms with Gasteiger partial charge in [0.15, 0.2) is 11.5 Å². The molecule has 0 aliphatic rings. The lowest BCUT2D eigenvalue weighted by Gasteiger charge is -2.18. The van der Waals surface area contributed by atoms with Crippen LogP contribution < -0.4 is 19.7 Å². The van der Waals surface area contributed by atoms with E-state index in [4.69, 9.17) is 9.47 Å². The first-order valence-corrected chi connectivity index (χ1v) is 9.22. The van der Waals surface area contributed by atoms with Crippen molar-refractivity contribution in [2.24, 2.45) is 0 Å². The van der Waals surface area contributed by atoms with Gasteiger partial charge >= 0.3 is 0 Å². The van der Waals surface area contributed by atoms with Crippen LogP contribution in [0.15, 0.2) is 60.8 Å². The van der Waals surface area contributed by atoms with Crippen LogP contribution >= 0.6 is 0 Å². The fourth-order valence-electron chi connectivity index (χ4n) is 2.94. The Hall–Kier alpha value is -3.28. The van der Waals surface area contributed by atoms with Gasteiger partial charge in [0.2, 0.25) is 5.95 Å². The molecule has 146 valence electrons. The molecular weight excluding hydrogens is 352 g/mol. The third kappa shape index (κ3) is 5.13. The number of benzene rings is 2. The zero-order chi connectivity index (χ0) is 19.8. The zero-order valence-corrected chi connectivity index (χ0v) is 16.6. The predicted molar refractivity (Wildman–Crippen MR) is 112 cm³/mol. The number of ether oxygens (including phenoxy) is 2. The van der Waals surface area contributed by atoms with Crippen molar-refractivity contribution in [2.45, 2.75) is 13.0 Å². The molecule has 0 aliphatic heterocycles. The van der Waals surface area contributed by atoms with Gasteiger partial charge in [0.25, 0.3) is 0 Å². The van der Waals surface area contributed by atoms with Crippen molar-refractivity contribution in [3.8, 4) is 11.5 Å². The Morgan fingerprint density at radius 3 is 2.46 bits per heavy atom. The van der Waals surface area contributed by atoms with Crippen LogP contribution in [0.5, 0.6) is 11.5 Å².